The quantitative estimate of drug-likeness (QED) is 0.334. The van der Waals surface area contributed by atoms with Crippen LogP contribution in [0.25, 0.3) is 11.0 Å². The Bertz CT molecular complexity index is 1340. The summed E-state index contributed by atoms with van der Waals surface area (Å²) in [5, 5.41) is 14.9. The van der Waals surface area contributed by atoms with Crippen molar-refractivity contribution in [1.29, 1.82) is 0 Å². The third-order valence-corrected chi connectivity index (χ3v) is 5.61. The first-order valence-corrected chi connectivity index (χ1v) is 11.2. The van der Waals surface area contributed by atoms with Gasteiger partial charge in [0.15, 0.2) is 0 Å². The molecule has 0 aliphatic heterocycles. The van der Waals surface area contributed by atoms with E-state index in [9.17, 15) is 4.79 Å². The van der Waals surface area contributed by atoms with Gasteiger partial charge in [-0.05, 0) is 54.3 Å². The highest BCUT2D eigenvalue weighted by Gasteiger charge is 2.12. The SMILES string of the molecule is Cc1ccc(Nc2nc3cc(Oc4ccnc(C(=O)NCCO)c4)ccc3n2C)cc1C(C)C.[HH].[HH]. The summed E-state index contributed by atoms with van der Waals surface area (Å²) in [6, 6.07) is 15.3. The highest BCUT2D eigenvalue weighted by molar-refractivity contribution is 5.92. The van der Waals surface area contributed by atoms with Crippen LogP contribution in [0, 0.1) is 6.92 Å². The van der Waals surface area contributed by atoms with Gasteiger partial charge in [0.05, 0.1) is 17.6 Å². The van der Waals surface area contributed by atoms with Crippen molar-refractivity contribution in [3.05, 3.63) is 71.5 Å². The van der Waals surface area contributed by atoms with Crippen molar-refractivity contribution in [3.63, 3.8) is 0 Å². The zero-order valence-corrected chi connectivity index (χ0v) is 19.8. The lowest BCUT2D eigenvalue weighted by molar-refractivity contribution is 0.0939. The molecule has 4 aromatic rings. The number of amides is 1. The van der Waals surface area contributed by atoms with Crippen LogP contribution in [-0.2, 0) is 7.05 Å². The molecule has 180 valence electrons. The molecule has 0 bridgehead atoms. The first-order chi connectivity index (χ1) is 16.4. The Labute approximate surface area is 201 Å². The monoisotopic (exact) mass is 463 g/mol. The van der Waals surface area contributed by atoms with Gasteiger partial charge in [-0.2, -0.15) is 0 Å². The number of hydrogen-bond donors (Lipinski definition) is 3. The lowest BCUT2D eigenvalue weighted by atomic mass is 9.97. The number of aryl methyl sites for hydroxylation is 2. The predicted molar refractivity (Wildman–Crippen MR) is 137 cm³/mol. The lowest BCUT2D eigenvalue weighted by Crippen LogP contribution is -2.27. The van der Waals surface area contributed by atoms with Crippen LogP contribution in [0.2, 0.25) is 0 Å². The molecule has 2 aromatic carbocycles. The number of nitrogens with one attached hydrogen (secondary N) is 2. The molecule has 0 saturated heterocycles. The van der Waals surface area contributed by atoms with Crippen molar-refractivity contribution in [3.8, 4) is 11.5 Å². The van der Waals surface area contributed by atoms with Crippen LogP contribution >= 0.6 is 0 Å². The van der Waals surface area contributed by atoms with Gasteiger partial charge in [-0.15, -0.1) is 0 Å². The standard InChI is InChI=1S/C26H29N5O3.2H2/c1-16(2)21-13-18(6-5-17(21)3)29-26-30-22-14-19(7-8-24(22)31(26)4)34-20-9-10-27-23(15-20)25(33)28-11-12-32;;/h5-10,13-16,32H,11-12H2,1-4H3,(H,28,33)(H,29,30);2*1H. The Hall–Kier alpha value is -3.91. The summed E-state index contributed by atoms with van der Waals surface area (Å²) in [7, 11) is 1.97. The molecular weight excluding hydrogens is 430 g/mol. The fourth-order valence-corrected chi connectivity index (χ4v) is 3.82. The van der Waals surface area contributed by atoms with E-state index in [2.05, 4.69) is 54.6 Å². The number of hydrogen-bond acceptors (Lipinski definition) is 6. The first kappa shape index (κ1) is 23.3. The Morgan fingerprint density at radius 2 is 1.94 bits per heavy atom. The molecule has 2 heterocycles. The molecular formula is C26H33N5O3. The maximum Gasteiger partial charge on any atom is 0.270 e. The number of aromatic nitrogens is 3. The number of imidazole rings is 1. The molecule has 0 aliphatic rings. The molecule has 2 aromatic heterocycles. The first-order valence-electron chi connectivity index (χ1n) is 11.2. The highest BCUT2D eigenvalue weighted by atomic mass is 16.5. The molecule has 34 heavy (non-hydrogen) atoms. The second kappa shape index (κ2) is 9.93. The average Bonchev–Trinajstić information content (AvgIpc) is 3.13. The molecule has 0 spiro atoms. The van der Waals surface area contributed by atoms with Gasteiger partial charge in [0.2, 0.25) is 5.95 Å². The van der Waals surface area contributed by atoms with Crippen LogP contribution in [0.15, 0.2) is 54.7 Å². The van der Waals surface area contributed by atoms with E-state index in [4.69, 9.17) is 14.8 Å². The molecule has 3 N–H and O–H groups in total. The number of benzene rings is 2. The van der Waals surface area contributed by atoms with Crippen LogP contribution in [0.4, 0.5) is 11.6 Å². The fraction of sp³-hybridized carbons (Fsp3) is 0.269. The normalized spacial score (nSPS) is 11.1. The summed E-state index contributed by atoms with van der Waals surface area (Å²) in [5.74, 6) is 1.89. The fourth-order valence-electron chi connectivity index (χ4n) is 3.82. The smallest absolute Gasteiger partial charge is 0.270 e. The topological polar surface area (TPSA) is 101 Å². The number of ether oxygens (including phenoxy) is 1. The van der Waals surface area contributed by atoms with Crippen LogP contribution in [0.5, 0.6) is 11.5 Å². The maximum atomic E-state index is 12.1. The van der Waals surface area contributed by atoms with Crippen molar-refractivity contribution >= 4 is 28.6 Å². The Balaban J connectivity index is 0.00000228. The number of carbonyl (C=O) groups excluding carboxylic acids is 1. The van der Waals surface area contributed by atoms with Gasteiger partial charge in [-0.25, -0.2) is 4.98 Å². The van der Waals surface area contributed by atoms with Crippen molar-refractivity contribution in [2.24, 2.45) is 7.05 Å². The summed E-state index contributed by atoms with van der Waals surface area (Å²) < 4.78 is 7.97. The van der Waals surface area contributed by atoms with E-state index in [1.54, 1.807) is 12.1 Å². The highest BCUT2D eigenvalue weighted by Crippen LogP contribution is 2.29. The van der Waals surface area contributed by atoms with E-state index in [1.807, 2.05) is 29.8 Å². The van der Waals surface area contributed by atoms with Crippen molar-refractivity contribution in [1.82, 2.24) is 19.9 Å². The van der Waals surface area contributed by atoms with Crippen molar-refractivity contribution in [2.45, 2.75) is 26.7 Å². The second-order valence-corrected chi connectivity index (χ2v) is 8.45. The number of aliphatic hydroxyl groups excluding tert-OH is 1. The van der Waals surface area contributed by atoms with Crippen LogP contribution in [0.1, 0.15) is 44.2 Å². The molecule has 4 rings (SSSR count). The average molecular weight is 464 g/mol. The number of nitrogens with zero attached hydrogens (tertiary/aromatic N) is 3. The molecule has 8 heteroatoms. The van der Waals surface area contributed by atoms with E-state index >= 15 is 0 Å². The number of aliphatic hydroxyl groups is 1. The van der Waals surface area contributed by atoms with E-state index in [0.717, 1.165) is 22.7 Å². The minimum Gasteiger partial charge on any atom is -0.457 e. The Kier molecular flexibility index (Phi) is 6.79. The van der Waals surface area contributed by atoms with Gasteiger partial charge in [-0.1, -0.05) is 19.9 Å². The summed E-state index contributed by atoms with van der Waals surface area (Å²) in [6.07, 6.45) is 1.51. The molecule has 1 amide bonds. The van der Waals surface area contributed by atoms with Crippen molar-refractivity contribution in [2.75, 3.05) is 18.5 Å². The van der Waals surface area contributed by atoms with Gasteiger partial charge >= 0.3 is 0 Å². The van der Waals surface area contributed by atoms with Gasteiger partial charge < -0.3 is 25.0 Å². The Morgan fingerprint density at radius 3 is 2.71 bits per heavy atom. The van der Waals surface area contributed by atoms with Gasteiger partial charge in [0.25, 0.3) is 5.91 Å². The largest absolute Gasteiger partial charge is 0.457 e. The predicted octanol–water partition coefficient (Wildman–Crippen LogP) is 5.15. The van der Waals surface area contributed by atoms with Gasteiger partial charge in [0, 0.05) is 40.5 Å². The zero-order chi connectivity index (χ0) is 24.2. The Morgan fingerprint density at radius 1 is 1.15 bits per heavy atom. The summed E-state index contributed by atoms with van der Waals surface area (Å²) in [5.41, 5.74) is 5.54. The number of carbonyl (C=O) groups is 1. The molecule has 0 fully saturated rings. The number of fused-ring (bicyclic) bond motifs is 1. The zero-order valence-electron chi connectivity index (χ0n) is 19.8. The molecule has 0 unspecified atom stereocenters. The third-order valence-electron chi connectivity index (χ3n) is 5.61. The third kappa shape index (κ3) is 5.02. The van der Waals surface area contributed by atoms with Gasteiger partial charge in [-0.3, -0.25) is 9.78 Å². The summed E-state index contributed by atoms with van der Waals surface area (Å²) in [6.45, 7) is 6.54. The van der Waals surface area contributed by atoms with Crippen LogP contribution in [-0.4, -0.2) is 38.7 Å². The summed E-state index contributed by atoms with van der Waals surface area (Å²) in [4.78, 5) is 20.9. The number of anilines is 2. The summed E-state index contributed by atoms with van der Waals surface area (Å²) >= 11 is 0. The molecule has 0 radical (unpaired) electrons. The van der Waals surface area contributed by atoms with E-state index in [1.165, 1.54) is 17.3 Å². The molecule has 0 atom stereocenters. The number of pyridine rings is 1. The molecule has 8 nitrogen and oxygen atoms in total. The second-order valence-electron chi connectivity index (χ2n) is 8.45. The van der Waals surface area contributed by atoms with E-state index in [0.29, 0.717) is 17.4 Å². The van der Waals surface area contributed by atoms with Crippen LogP contribution in [0.3, 0.4) is 0 Å². The maximum absolute atomic E-state index is 12.1. The van der Waals surface area contributed by atoms with Gasteiger partial charge in [0.1, 0.15) is 17.2 Å². The van der Waals surface area contributed by atoms with E-state index in [-0.39, 0.29) is 27.6 Å². The minimum absolute atomic E-state index is 0. The number of rotatable bonds is 8. The molecule has 0 saturated carbocycles. The minimum atomic E-state index is -0.368. The molecule has 0 aliphatic carbocycles. The van der Waals surface area contributed by atoms with Crippen LogP contribution < -0.4 is 15.4 Å². The van der Waals surface area contributed by atoms with Crippen molar-refractivity contribution < 1.29 is 17.5 Å². The van der Waals surface area contributed by atoms with E-state index < -0.39 is 0 Å². The lowest BCUT2D eigenvalue weighted by Gasteiger charge is -2.13.